The Hall–Kier alpha value is -4.12. The maximum absolute atomic E-state index is 13.5. The van der Waals surface area contributed by atoms with E-state index >= 15 is 0 Å². The lowest BCUT2D eigenvalue weighted by Crippen LogP contribution is -2.19. The van der Waals surface area contributed by atoms with Crippen molar-refractivity contribution in [3.8, 4) is 0 Å². The molecule has 0 aliphatic heterocycles. The van der Waals surface area contributed by atoms with Crippen LogP contribution in [0.1, 0.15) is 21.7 Å². The number of halogens is 3. The smallest absolute Gasteiger partial charge is 0.369 e. The van der Waals surface area contributed by atoms with E-state index in [4.69, 9.17) is 0 Å². The van der Waals surface area contributed by atoms with Gasteiger partial charge in [-0.3, -0.25) is 9.48 Å². The van der Waals surface area contributed by atoms with E-state index in [0.717, 1.165) is 10.2 Å². The highest BCUT2D eigenvalue weighted by molar-refractivity contribution is 7.91. The number of carbonyl (C=O) groups excluding carboxylic acids is 1. The monoisotopic (exact) mass is 528 g/mol. The lowest BCUT2D eigenvalue weighted by molar-refractivity contribution is -0.141. The molecule has 1 amide bonds. The minimum atomic E-state index is -4.68. The zero-order chi connectivity index (χ0) is 26.8. The Morgan fingerprint density at radius 3 is 2.22 bits per heavy atom. The summed E-state index contributed by atoms with van der Waals surface area (Å²) in [5, 5.41) is 5.79. The summed E-state index contributed by atoms with van der Waals surface area (Å²) in [5.41, 5.74) is 0.290. The van der Waals surface area contributed by atoms with Gasteiger partial charge in [-0.05, 0) is 42.0 Å². The zero-order valence-corrected chi connectivity index (χ0v) is 20.7. The molecule has 1 heterocycles. The molecule has 1 N–H and O–H groups in total. The standard InChI is InChI=1S/C26H23F3N4O3S/c1-32(17-18-8-4-3-5-9-18)21-10-6-7-11-23(21)37(35,36)20-14-12-19(13-15-20)30-25(34)22-16-24(26(27,28)29)31-33(22)2/h3-16H,17H2,1-2H3,(H,30,34). The van der Waals surface area contributed by atoms with Crippen LogP contribution in [-0.4, -0.2) is 31.2 Å². The number of carbonyl (C=O) groups is 1. The van der Waals surface area contributed by atoms with Gasteiger partial charge in [-0.2, -0.15) is 18.3 Å². The van der Waals surface area contributed by atoms with Crippen molar-refractivity contribution in [2.75, 3.05) is 17.3 Å². The molecule has 0 saturated heterocycles. The van der Waals surface area contributed by atoms with Crippen LogP contribution in [0.2, 0.25) is 0 Å². The fourth-order valence-corrected chi connectivity index (χ4v) is 5.31. The van der Waals surface area contributed by atoms with Crippen molar-refractivity contribution in [1.82, 2.24) is 9.78 Å². The number of benzene rings is 3. The van der Waals surface area contributed by atoms with Crippen LogP contribution in [0.5, 0.6) is 0 Å². The first kappa shape index (κ1) is 26.0. The van der Waals surface area contributed by atoms with Crippen LogP contribution in [0.25, 0.3) is 0 Å². The Morgan fingerprint density at radius 2 is 1.59 bits per heavy atom. The molecule has 0 radical (unpaired) electrons. The molecule has 11 heteroatoms. The fourth-order valence-electron chi connectivity index (χ4n) is 3.80. The number of aryl methyl sites for hydroxylation is 1. The normalized spacial score (nSPS) is 11.8. The van der Waals surface area contributed by atoms with E-state index in [-0.39, 0.29) is 21.2 Å². The maximum Gasteiger partial charge on any atom is 0.435 e. The van der Waals surface area contributed by atoms with Gasteiger partial charge in [0.1, 0.15) is 5.69 Å². The second-order valence-corrected chi connectivity index (χ2v) is 10.2. The van der Waals surface area contributed by atoms with Crippen LogP contribution in [0.3, 0.4) is 0 Å². The van der Waals surface area contributed by atoms with Crippen molar-refractivity contribution in [1.29, 1.82) is 0 Å². The van der Waals surface area contributed by atoms with Gasteiger partial charge < -0.3 is 10.2 Å². The molecule has 0 aliphatic carbocycles. The Kier molecular flexibility index (Phi) is 7.08. The average molecular weight is 529 g/mol. The van der Waals surface area contributed by atoms with Crippen LogP contribution >= 0.6 is 0 Å². The van der Waals surface area contributed by atoms with E-state index < -0.39 is 27.6 Å². The predicted molar refractivity (Wildman–Crippen MR) is 133 cm³/mol. The van der Waals surface area contributed by atoms with Crippen molar-refractivity contribution >= 4 is 27.1 Å². The summed E-state index contributed by atoms with van der Waals surface area (Å²) in [6, 6.07) is 22.4. The highest BCUT2D eigenvalue weighted by Gasteiger charge is 2.35. The molecule has 0 unspecified atom stereocenters. The van der Waals surface area contributed by atoms with E-state index in [0.29, 0.717) is 18.3 Å². The molecular weight excluding hydrogens is 505 g/mol. The molecule has 3 aromatic carbocycles. The summed E-state index contributed by atoms with van der Waals surface area (Å²) in [4.78, 5) is 14.5. The van der Waals surface area contributed by atoms with Crippen LogP contribution in [-0.2, 0) is 29.6 Å². The molecule has 37 heavy (non-hydrogen) atoms. The summed E-state index contributed by atoms with van der Waals surface area (Å²) in [6.45, 7) is 0.502. The molecule has 1 aromatic heterocycles. The van der Waals surface area contributed by atoms with Gasteiger partial charge in [-0.15, -0.1) is 0 Å². The molecule has 4 rings (SSSR count). The largest absolute Gasteiger partial charge is 0.435 e. The van der Waals surface area contributed by atoms with Gasteiger partial charge in [0.25, 0.3) is 5.91 Å². The minimum absolute atomic E-state index is 0.00551. The highest BCUT2D eigenvalue weighted by Crippen LogP contribution is 2.31. The number of sulfone groups is 1. The number of hydrogen-bond donors (Lipinski definition) is 1. The molecule has 4 aromatic rings. The molecule has 0 fully saturated rings. The number of alkyl halides is 3. The molecule has 192 valence electrons. The zero-order valence-electron chi connectivity index (χ0n) is 19.9. The molecular formula is C26H23F3N4O3S. The predicted octanol–water partition coefficient (Wildman–Crippen LogP) is 5.16. The number of nitrogens with zero attached hydrogens (tertiary/aromatic N) is 3. The summed E-state index contributed by atoms with van der Waals surface area (Å²) >= 11 is 0. The number of aromatic nitrogens is 2. The third kappa shape index (κ3) is 5.67. The van der Waals surface area contributed by atoms with E-state index in [1.807, 2.05) is 42.3 Å². The summed E-state index contributed by atoms with van der Waals surface area (Å²) in [5.74, 6) is -0.811. The average Bonchev–Trinajstić information content (AvgIpc) is 3.27. The lowest BCUT2D eigenvalue weighted by atomic mass is 10.2. The van der Waals surface area contributed by atoms with Gasteiger partial charge in [0.05, 0.1) is 15.5 Å². The van der Waals surface area contributed by atoms with Crippen molar-refractivity contribution in [2.24, 2.45) is 7.05 Å². The van der Waals surface area contributed by atoms with E-state index in [2.05, 4.69) is 10.4 Å². The first-order chi connectivity index (χ1) is 17.5. The lowest BCUT2D eigenvalue weighted by Gasteiger charge is -2.22. The molecule has 0 atom stereocenters. The molecule has 7 nitrogen and oxygen atoms in total. The van der Waals surface area contributed by atoms with Crippen LogP contribution in [0, 0.1) is 0 Å². The third-order valence-electron chi connectivity index (χ3n) is 5.65. The van der Waals surface area contributed by atoms with Gasteiger partial charge in [0.2, 0.25) is 9.84 Å². The van der Waals surface area contributed by atoms with Crippen molar-refractivity contribution in [2.45, 2.75) is 22.5 Å². The fraction of sp³-hybridized carbons (Fsp3) is 0.154. The molecule has 0 aliphatic rings. The minimum Gasteiger partial charge on any atom is -0.369 e. The highest BCUT2D eigenvalue weighted by atomic mass is 32.2. The Balaban J connectivity index is 1.55. The molecule has 0 spiro atoms. The number of rotatable bonds is 7. The van der Waals surface area contributed by atoms with Gasteiger partial charge >= 0.3 is 6.18 Å². The van der Waals surface area contributed by atoms with E-state index in [9.17, 15) is 26.4 Å². The first-order valence-electron chi connectivity index (χ1n) is 11.1. The Bertz CT molecular complexity index is 1520. The van der Waals surface area contributed by atoms with Crippen LogP contribution in [0.4, 0.5) is 24.5 Å². The topological polar surface area (TPSA) is 84.3 Å². The second kappa shape index (κ2) is 10.1. The van der Waals surface area contributed by atoms with Crippen LogP contribution < -0.4 is 10.2 Å². The number of hydrogen-bond acceptors (Lipinski definition) is 5. The molecule has 0 saturated carbocycles. The number of anilines is 2. The molecule has 0 bridgehead atoms. The third-order valence-corrected chi connectivity index (χ3v) is 7.47. The van der Waals surface area contributed by atoms with E-state index in [1.165, 1.54) is 37.4 Å². The second-order valence-electron chi connectivity index (χ2n) is 8.33. The number of nitrogens with one attached hydrogen (secondary N) is 1. The summed E-state index contributed by atoms with van der Waals surface area (Å²) < 4.78 is 66.4. The SMILES string of the molecule is CN(Cc1ccccc1)c1ccccc1S(=O)(=O)c1ccc(NC(=O)c2cc(C(F)(F)F)nn2C)cc1. The maximum atomic E-state index is 13.5. The van der Waals surface area contributed by atoms with Crippen molar-refractivity contribution in [3.63, 3.8) is 0 Å². The van der Waals surface area contributed by atoms with Crippen molar-refractivity contribution < 1.29 is 26.4 Å². The first-order valence-corrected chi connectivity index (χ1v) is 12.6. The number of amides is 1. The van der Waals surface area contributed by atoms with Gasteiger partial charge in [-0.25, -0.2) is 8.42 Å². The van der Waals surface area contributed by atoms with Gasteiger partial charge in [0, 0.05) is 32.4 Å². The van der Waals surface area contributed by atoms with Crippen molar-refractivity contribution in [3.05, 3.63) is 102 Å². The van der Waals surface area contributed by atoms with Gasteiger partial charge in [0.15, 0.2) is 5.69 Å². The van der Waals surface area contributed by atoms with Gasteiger partial charge in [-0.1, -0.05) is 42.5 Å². The quantitative estimate of drug-likeness (QED) is 0.358. The summed E-state index contributed by atoms with van der Waals surface area (Å²) in [6.07, 6.45) is -4.68. The Morgan fingerprint density at radius 1 is 0.973 bits per heavy atom. The van der Waals surface area contributed by atoms with Crippen LogP contribution in [0.15, 0.2) is 94.7 Å². The number of para-hydroxylation sites is 1. The Labute approximate surface area is 212 Å². The van der Waals surface area contributed by atoms with E-state index in [1.54, 1.807) is 18.2 Å². The summed E-state index contributed by atoms with van der Waals surface area (Å²) in [7, 11) is -0.881.